The number of fused-ring (bicyclic) bond motifs is 3. The molecule has 0 saturated carbocycles. The summed E-state index contributed by atoms with van der Waals surface area (Å²) < 4.78 is 1.90. The van der Waals surface area contributed by atoms with Crippen LogP contribution in [-0.4, -0.2) is 51.5 Å². The molecule has 2 aromatic rings. The molecule has 5 rings (SSSR count). The number of piperazine rings is 1. The maximum Gasteiger partial charge on any atom is 0.161 e. The van der Waals surface area contributed by atoms with Crippen molar-refractivity contribution in [2.24, 2.45) is 10.9 Å². The second-order valence-electron chi connectivity index (χ2n) is 8.97. The van der Waals surface area contributed by atoms with Crippen molar-refractivity contribution in [2.45, 2.75) is 39.2 Å². The zero-order valence-electron chi connectivity index (χ0n) is 18.5. The number of carbonyl (C=O) groups excluding carboxylic acids is 1. The van der Waals surface area contributed by atoms with Crippen molar-refractivity contribution in [1.29, 1.82) is 0 Å². The summed E-state index contributed by atoms with van der Waals surface area (Å²) in [5.41, 5.74) is 5.25. The number of rotatable bonds is 2. The van der Waals surface area contributed by atoms with Crippen molar-refractivity contribution >= 4 is 34.4 Å². The molecule has 2 atom stereocenters. The van der Waals surface area contributed by atoms with Crippen molar-refractivity contribution in [3.8, 4) is 0 Å². The van der Waals surface area contributed by atoms with Crippen molar-refractivity contribution in [3.05, 3.63) is 64.7 Å². The highest BCUT2D eigenvalue weighted by atomic mass is 35.5. The first-order valence-electron chi connectivity index (χ1n) is 11.3. The topological polar surface area (TPSA) is 62.0 Å². The molecule has 2 bridgehead atoms. The van der Waals surface area contributed by atoms with Gasteiger partial charge < -0.3 is 14.6 Å². The van der Waals surface area contributed by atoms with Crippen molar-refractivity contribution in [1.82, 2.24) is 19.6 Å². The number of carbonyl (C=O) groups is 1. The Hall–Kier alpha value is -2.70. The van der Waals surface area contributed by atoms with Gasteiger partial charge in [-0.25, -0.2) is 4.98 Å². The fourth-order valence-electron chi connectivity index (χ4n) is 4.74. The van der Waals surface area contributed by atoms with E-state index >= 15 is 0 Å². The summed E-state index contributed by atoms with van der Waals surface area (Å²) in [4.78, 5) is 24.9. The van der Waals surface area contributed by atoms with E-state index in [0.717, 1.165) is 49.4 Å². The first-order chi connectivity index (χ1) is 15.5. The molecule has 3 aliphatic rings. The largest absolute Gasteiger partial charge is 0.369 e. The molecule has 2 aromatic heterocycles. The molecule has 2 unspecified atom stereocenters. The summed E-state index contributed by atoms with van der Waals surface area (Å²) >= 11 is 6.50. The van der Waals surface area contributed by atoms with Crippen LogP contribution in [-0.2, 0) is 4.79 Å². The minimum Gasteiger partial charge on any atom is -0.369 e. The Balaban J connectivity index is 1.51. The first kappa shape index (κ1) is 21.2. The van der Waals surface area contributed by atoms with E-state index in [-0.39, 0.29) is 11.7 Å². The molecule has 7 heteroatoms. The molecule has 1 aliphatic carbocycles. The van der Waals surface area contributed by atoms with Gasteiger partial charge in [0, 0.05) is 67.0 Å². The van der Waals surface area contributed by atoms with E-state index in [0.29, 0.717) is 28.8 Å². The van der Waals surface area contributed by atoms with E-state index in [9.17, 15) is 4.79 Å². The monoisotopic (exact) mass is 449 g/mol. The molecule has 0 spiro atoms. The molecule has 0 aromatic carbocycles. The van der Waals surface area contributed by atoms with Crippen LogP contribution < -0.4 is 5.32 Å². The number of allylic oxidation sites excluding steroid dienone is 4. The third-order valence-electron chi connectivity index (χ3n) is 6.37. The third kappa shape index (κ3) is 4.30. The lowest BCUT2D eigenvalue weighted by Gasteiger charge is -2.34. The van der Waals surface area contributed by atoms with Crippen molar-refractivity contribution in [2.75, 3.05) is 19.6 Å². The number of hydrogen-bond acceptors (Lipinski definition) is 5. The van der Waals surface area contributed by atoms with E-state index in [1.165, 1.54) is 5.70 Å². The Morgan fingerprint density at radius 3 is 2.97 bits per heavy atom. The fraction of sp³-hybridized carbons (Fsp3) is 0.400. The zero-order chi connectivity index (χ0) is 22.2. The Kier molecular flexibility index (Phi) is 5.74. The number of aryl methyl sites for hydroxylation is 1. The SMILES string of the molecule is Cc1cn2cc(C3=CC(=O)C4CCC=C(N5CCNC(C)C5)C=CC(=N3)C4)cc(Cl)c2n1. The standard InChI is InChI=1S/C25H28ClN5O/c1-16-13-30(9-8-27-16)21-5-3-4-18-10-20(6-7-21)29-23(12-24(18)32)19-11-22(26)25-28-17(2)14-31(25)15-19/h5-7,11-12,14-16,18,27H,3-4,8-10,13H2,1-2H3. The van der Waals surface area contributed by atoms with Gasteiger partial charge in [-0.1, -0.05) is 17.7 Å². The van der Waals surface area contributed by atoms with Crippen LogP contribution in [0.4, 0.5) is 0 Å². The van der Waals surface area contributed by atoms with Gasteiger partial charge in [-0.15, -0.1) is 0 Å². The Bertz CT molecular complexity index is 1190. The quantitative estimate of drug-likeness (QED) is 0.746. The molecule has 32 heavy (non-hydrogen) atoms. The van der Waals surface area contributed by atoms with E-state index in [1.807, 2.05) is 29.8 Å². The van der Waals surface area contributed by atoms with Crippen LogP contribution in [0.3, 0.4) is 0 Å². The summed E-state index contributed by atoms with van der Waals surface area (Å²) in [6.07, 6.45) is 14.5. The van der Waals surface area contributed by atoms with Crippen LogP contribution in [0.1, 0.15) is 37.4 Å². The number of nitrogens with one attached hydrogen (secondary N) is 1. The number of ketones is 1. The normalized spacial score (nSPS) is 24.3. The van der Waals surface area contributed by atoms with Crippen LogP contribution in [0.15, 0.2) is 53.5 Å². The number of halogens is 1. The fourth-order valence-corrected chi connectivity index (χ4v) is 5.00. The molecule has 4 heterocycles. The predicted molar refractivity (Wildman–Crippen MR) is 129 cm³/mol. The second-order valence-corrected chi connectivity index (χ2v) is 9.37. The van der Waals surface area contributed by atoms with Gasteiger partial charge in [-0.05, 0) is 51.3 Å². The molecule has 0 radical (unpaired) electrons. The highest BCUT2D eigenvalue weighted by Gasteiger charge is 2.24. The van der Waals surface area contributed by atoms with Gasteiger partial charge in [0.2, 0.25) is 0 Å². The second kappa shape index (κ2) is 8.68. The van der Waals surface area contributed by atoms with Gasteiger partial charge in [-0.3, -0.25) is 9.79 Å². The first-order valence-corrected chi connectivity index (χ1v) is 11.7. The number of pyridine rings is 1. The zero-order valence-corrected chi connectivity index (χ0v) is 19.3. The molecule has 166 valence electrons. The lowest BCUT2D eigenvalue weighted by Crippen LogP contribution is -2.48. The van der Waals surface area contributed by atoms with Crippen molar-refractivity contribution in [3.63, 3.8) is 0 Å². The summed E-state index contributed by atoms with van der Waals surface area (Å²) in [6.45, 7) is 7.11. The predicted octanol–water partition coefficient (Wildman–Crippen LogP) is 4.19. The average Bonchev–Trinajstić information content (AvgIpc) is 3.11. The maximum absolute atomic E-state index is 13.1. The minimum atomic E-state index is -0.0526. The number of aliphatic imine (C=N–C) groups is 1. The van der Waals surface area contributed by atoms with E-state index in [2.05, 4.69) is 40.4 Å². The van der Waals surface area contributed by atoms with Crippen LogP contribution >= 0.6 is 11.6 Å². The highest BCUT2D eigenvalue weighted by molar-refractivity contribution is 6.33. The minimum absolute atomic E-state index is 0.0526. The van der Waals surface area contributed by atoms with Gasteiger partial charge in [0.25, 0.3) is 0 Å². The van der Waals surface area contributed by atoms with Crippen LogP contribution in [0.5, 0.6) is 0 Å². The molecular formula is C25H28ClN5O. The molecule has 2 aliphatic heterocycles. The number of nitrogens with zero attached hydrogens (tertiary/aromatic N) is 4. The maximum atomic E-state index is 13.1. The van der Waals surface area contributed by atoms with E-state index < -0.39 is 0 Å². The van der Waals surface area contributed by atoms with Gasteiger partial charge >= 0.3 is 0 Å². The summed E-state index contributed by atoms with van der Waals surface area (Å²) in [5.74, 6) is 0.0842. The molecule has 1 saturated heterocycles. The number of hydrogen-bond donors (Lipinski definition) is 1. The van der Waals surface area contributed by atoms with Crippen LogP contribution in [0.2, 0.25) is 5.02 Å². The summed E-state index contributed by atoms with van der Waals surface area (Å²) in [6, 6.07) is 2.32. The lowest BCUT2D eigenvalue weighted by atomic mass is 9.92. The highest BCUT2D eigenvalue weighted by Crippen LogP contribution is 2.29. The van der Waals surface area contributed by atoms with Crippen molar-refractivity contribution < 1.29 is 4.79 Å². The Morgan fingerprint density at radius 2 is 2.12 bits per heavy atom. The van der Waals surface area contributed by atoms with Crippen LogP contribution in [0.25, 0.3) is 11.3 Å². The average molecular weight is 450 g/mol. The molecular weight excluding hydrogens is 422 g/mol. The van der Waals surface area contributed by atoms with Crippen LogP contribution in [0, 0.1) is 12.8 Å². The van der Waals surface area contributed by atoms with Gasteiger partial charge in [0.05, 0.1) is 16.4 Å². The molecule has 1 N–H and O–H groups in total. The van der Waals surface area contributed by atoms with E-state index in [1.54, 1.807) is 6.08 Å². The van der Waals surface area contributed by atoms with Gasteiger partial charge in [0.15, 0.2) is 11.4 Å². The molecule has 1 fully saturated rings. The lowest BCUT2D eigenvalue weighted by molar-refractivity contribution is -0.118. The molecule has 6 nitrogen and oxygen atoms in total. The summed E-state index contributed by atoms with van der Waals surface area (Å²) in [7, 11) is 0. The number of imidazole rings is 1. The van der Waals surface area contributed by atoms with E-state index in [4.69, 9.17) is 16.6 Å². The smallest absolute Gasteiger partial charge is 0.161 e. The van der Waals surface area contributed by atoms with Gasteiger partial charge in [0.1, 0.15) is 0 Å². The number of aromatic nitrogens is 2. The Morgan fingerprint density at radius 1 is 1.25 bits per heavy atom. The van der Waals surface area contributed by atoms with Gasteiger partial charge in [-0.2, -0.15) is 0 Å². The third-order valence-corrected chi connectivity index (χ3v) is 6.65. The molecule has 0 amide bonds. The summed E-state index contributed by atoms with van der Waals surface area (Å²) in [5, 5.41) is 4.05. The Labute approximate surface area is 193 Å².